The number of hydrogen-bond acceptors (Lipinski definition) is 6. The molecule has 0 aliphatic carbocycles. The number of aryl methyl sites for hydroxylation is 1. The minimum Gasteiger partial charge on any atom is -0.324 e. The van der Waals surface area contributed by atoms with E-state index in [-0.39, 0.29) is 14.9 Å². The summed E-state index contributed by atoms with van der Waals surface area (Å²) in [7, 11) is -1.77. The maximum absolute atomic E-state index is 13.4. The first-order valence-corrected chi connectivity index (χ1v) is 12.2. The molecule has 2 aromatic rings. The molecule has 1 fully saturated rings. The standard InChI is InChI=1S/C20H25Cl2N5O4S/c1-13-9-15(24-18(28)12-27-20(29)19(22)16(21)11-23-27)10-17(14(13)2)32(30,31)26-6-4-5-25(3)7-8-26/h9-11H,4-8,12H2,1-3H3,(H,24,28). The molecule has 1 N–H and O–H groups in total. The van der Waals surface area contributed by atoms with E-state index in [0.717, 1.165) is 23.2 Å². The number of hydrogen-bond donors (Lipinski definition) is 1. The SMILES string of the molecule is Cc1cc(NC(=O)Cn2ncc(Cl)c(Cl)c2=O)cc(S(=O)(=O)N2CCCN(C)CC2)c1C. The van der Waals surface area contributed by atoms with Crippen LogP contribution in [0.5, 0.6) is 0 Å². The zero-order valence-electron chi connectivity index (χ0n) is 18.1. The molecule has 0 atom stereocenters. The van der Waals surface area contributed by atoms with Gasteiger partial charge < -0.3 is 10.2 Å². The molecule has 12 heteroatoms. The Balaban J connectivity index is 1.86. The minimum absolute atomic E-state index is 0.00274. The Kier molecular flexibility index (Phi) is 7.61. The van der Waals surface area contributed by atoms with Gasteiger partial charge in [0.25, 0.3) is 5.56 Å². The normalized spacial score (nSPS) is 16.0. The minimum atomic E-state index is -3.74. The molecule has 1 aromatic heterocycles. The maximum atomic E-state index is 13.4. The number of aromatic nitrogens is 2. The van der Waals surface area contributed by atoms with Crippen LogP contribution >= 0.6 is 23.2 Å². The van der Waals surface area contributed by atoms with Crippen molar-refractivity contribution in [1.29, 1.82) is 0 Å². The summed E-state index contributed by atoms with van der Waals surface area (Å²) in [6.45, 7) is 5.46. The highest BCUT2D eigenvalue weighted by molar-refractivity contribution is 7.89. The molecule has 0 radical (unpaired) electrons. The second-order valence-electron chi connectivity index (χ2n) is 7.79. The Bertz CT molecular complexity index is 1200. The van der Waals surface area contributed by atoms with Crippen LogP contribution in [0.4, 0.5) is 5.69 Å². The third kappa shape index (κ3) is 5.32. The molecule has 2 heterocycles. The zero-order valence-corrected chi connectivity index (χ0v) is 20.4. The van der Waals surface area contributed by atoms with Gasteiger partial charge in [0.05, 0.1) is 16.1 Å². The second kappa shape index (κ2) is 9.88. The molecule has 0 saturated carbocycles. The van der Waals surface area contributed by atoms with Crippen LogP contribution in [0.2, 0.25) is 10.0 Å². The van der Waals surface area contributed by atoms with E-state index >= 15 is 0 Å². The van der Waals surface area contributed by atoms with Crippen LogP contribution in [0.3, 0.4) is 0 Å². The summed E-state index contributed by atoms with van der Waals surface area (Å²) in [5, 5.41) is 6.23. The van der Waals surface area contributed by atoms with Crippen molar-refractivity contribution in [3.63, 3.8) is 0 Å². The molecule has 0 spiro atoms. The first-order valence-electron chi connectivity index (χ1n) is 10.0. The van der Waals surface area contributed by atoms with Crippen molar-refractivity contribution in [2.75, 3.05) is 38.5 Å². The molecule has 3 rings (SSSR count). The molecule has 1 aliphatic heterocycles. The summed E-state index contributed by atoms with van der Waals surface area (Å²) >= 11 is 11.6. The summed E-state index contributed by atoms with van der Waals surface area (Å²) in [4.78, 5) is 26.9. The quantitative estimate of drug-likeness (QED) is 0.672. The summed E-state index contributed by atoms with van der Waals surface area (Å²) < 4.78 is 29.1. The Morgan fingerprint density at radius 3 is 2.59 bits per heavy atom. The van der Waals surface area contributed by atoms with Gasteiger partial charge in [0.2, 0.25) is 15.9 Å². The summed E-state index contributed by atoms with van der Waals surface area (Å²) in [6.07, 6.45) is 1.92. The highest BCUT2D eigenvalue weighted by Gasteiger charge is 2.28. The van der Waals surface area contributed by atoms with E-state index in [0.29, 0.717) is 30.9 Å². The van der Waals surface area contributed by atoms with Crippen LogP contribution in [0, 0.1) is 13.8 Å². The maximum Gasteiger partial charge on any atom is 0.287 e. The van der Waals surface area contributed by atoms with Gasteiger partial charge in [-0.1, -0.05) is 23.2 Å². The molecule has 32 heavy (non-hydrogen) atoms. The topological polar surface area (TPSA) is 105 Å². The van der Waals surface area contributed by atoms with E-state index in [1.165, 1.54) is 16.6 Å². The van der Waals surface area contributed by atoms with Gasteiger partial charge in [-0.05, 0) is 57.1 Å². The summed E-state index contributed by atoms with van der Waals surface area (Å²) in [5.74, 6) is -0.555. The fourth-order valence-corrected chi connectivity index (χ4v) is 5.53. The van der Waals surface area contributed by atoms with Crippen molar-refractivity contribution < 1.29 is 13.2 Å². The van der Waals surface area contributed by atoms with Crippen LogP contribution < -0.4 is 10.9 Å². The molecular formula is C20H25Cl2N5O4S. The van der Waals surface area contributed by atoms with Gasteiger partial charge in [-0.25, -0.2) is 13.1 Å². The van der Waals surface area contributed by atoms with E-state index in [1.54, 1.807) is 19.9 Å². The lowest BCUT2D eigenvalue weighted by atomic mass is 10.1. The van der Waals surface area contributed by atoms with Gasteiger partial charge in [-0.2, -0.15) is 9.40 Å². The Labute approximate surface area is 197 Å². The van der Waals surface area contributed by atoms with E-state index in [9.17, 15) is 18.0 Å². The number of amides is 1. The predicted molar refractivity (Wildman–Crippen MR) is 124 cm³/mol. The van der Waals surface area contributed by atoms with Crippen molar-refractivity contribution >= 4 is 44.8 Å². The number of carbonyl (C=O) groups excluding carboxylic acids is 1. The highest BCUT2D eigenvalue weighted by atomic mass is 35.5. The van der Waals surface area contributed by atoms with Gasteiger partial charge in [0.15, 0.2) is 0 Å². The third-order valence-corrected chi connectivity index (χ3v) is 8.21. The van der Waals surface area contributed by atoms with Crippen molar-refractivity contribution in [2.45, 2.75) is 31.7 Å². The van der Waals surface area contributed by atoms with Crippen molar-refractivity contribution in [3.8, 4) is 0 Å². The Morgan fingerprint density at radius 1 is 1.16 bits per heavy atom. The third-order valence-electron chi connectivity index (χ3n) is 5.44. The average molecular weight is 502 g/mol. The molecule has 0 unspecified atom stereocenters. The summed E-state index contributed by atoms with van der Waals surface area (Å²) in [6, 6.07) is 3.14. The number of rotatable bonds is 5. The number of anilines is 1. The molecule has 174 valence electrons. The molecule has 9 nitrogen and oxygen atoms in total. The summed E-state index contributed by atoms with van der Waals surface area (Å²) in [5.41, 5.74) is 0.974. The van der Waals surface area contributed by atoms with E-state index in [1.807, 2.05) is 7.05 Å². The fraction of sp³-hybridized carbons (Fsp3) is 0.450. The Hall–Kier alpha value is -1.98. The van der Waals surface area contributed by atoms with E-state index in [2.05, 4.69) is 15.3 Å². The Morgan fingerprint density at radius 2 is 1.88 bits per heavy atom. The first-order chi connectivity index (χ1) is 15.0. The lowest BCUT2D eigenvalue weighted by Crippen LogP contribution is -2.35. The number of likely N-dealkylation sites (N-methyl/N-ethyl adjacent to an activating group) is 1. The van der Waals surface area contributed by atoms with Crippen LogP contribution in [-0.4, -0.2) is 66.5 Å². The van der Waals surface area contributed by atoms with E-state index in [4.69, 9.17) is 23.2 Å². The lowest BCUT2D eigenvalue weighted by Gasteiger charge is -2.22. The number of sulfonamides is 1. The fourth-order valence-electron chi connectivity index (χ4n) is 3.46. The van der Waals surface area contributed by atoms with Crippen molar-refractivity contribution in [1.82, 2.24) is 19.0 Å². The average Bonchev–Trinajstić information content (AvgIpc) is 2.96. The molecule has 0 bridgehead atoms. The van der Waals surface area contributed by atoms with Gasteiger partial charge in [0, 0.05) is 25.3 Å². The number of nitrogens with one attached hydrogen (secondary N) is 1. The lowest BCUT2D eigenvalue weighted by molar-refractivity contribution is -0.117. The van der Waals surface area contributed by atoms with Gasteiger partial charge >= 0.3 is 0 Å². The highest BCUT2D eigenvalue weighted by Crippen LogP contribution is 2.27. The van der Waals surface area contributed by atoms with E-state index < -0.39 is 28.0 Å². The number of nitrogens with zero attached hydrogens (tertiary/aromatic N) is 4. The first kappa shape index (κ1) is 24.7. The predicted octanol–water partition coefficient (Wildman–Crippen LogP) is 2.13. The smallest absolute Gasteiger partial charge is 0.287 e. The monoisotopic (exact) mass is 501 g/mol. The van der Waals surface area contributed by atoms with Gasteiger partial charge in [-0.15, -0.1) is 0 Å². The number of carbonyl (C=O) groups is 1. The second-order valence-corrected chi connectivity index (χ2v) is 10.5. The molecule has 1 aliphatic rings. The van der Waals surface area contributed by atoms with Crippen LogP contribution in [0.25, 0.3) is 0 Å². The molecule has 1 amide bonds. The van der Waals surface area contributed by atoms with Crippen molar-refractivity contribution in [3.05, 3.63) is 49.9 Å². The van der Waals surface area contributed by atoms with Crippen molar-refractivity contribution in [2.24, 2.45) is 0 Å². The molecule has 1 saturated heterocycles. The van der Waals surface area contributed by atoms with Crippen LogP contribution in [0.15, 0.2) is 28.0 Å². The van der Waals surface area contributed by atoms with Gasteiger partial charge in [-0.3, -0.25) is 9.59 Å². The van der Waals surface area contributed by atoms with Crippen LogP contribution in [-0.2, 0) is 21.4 Å². The van der Waals surface area contributed by atoms with Crippen LogP contribution in [0.1, 0.15) is 17.5 Å². The molecular weight excluding hydrogens is 477 g/mol. The molecule has 1 aromatic carbocycles. The zero-order chi connectivity index (χ0) is 23.6. The van der Waals surface area contributed by atoms with Gasteiger partial charge in [0.1, 0.15) is 11.6 Å². The number of benzene rings is 1. The largest absolute Gasteiger partial charge is 0.324 e. The number of halogens is 2.